The highest BCUT2D eigenvalue weighted by atomic mass is 16.5. The fourth-order valence-electron chi connectivity index (χ4n) is 1.37. The van der Waals surface area contributed by atoms with Gasteiger partial charge in [-0.15, -0.1) is 0 Å². The third kappa shape index (κ3) is 1.69. The molecule has 1 heterocycles. The number of anilines is 1. The van der Waals surface area contributed by atoms with Crippen LogP contribution in [0.5, 0.6) is 0 Å². The zero-order chi connectivity index (χ0) is 10.8. The molecule has 0 saturated carbocycles. The molecule has 0 saturated heterocycles. The van der Waals surface area contributed by atoms with Gasteiger partial charge in [0, 0.05) is 12.6 Å². The number of aromatic nitrogens is 2. The van der Waals surface area contributed by atoms with Crippen LogP contribution in [0.4, 0.5) is 5.82 Å². The predicted octanol–water partition coefficient (Wildman–Crippen LogP) is 0.568. The first-order chi connectivity index (χ1) is 7.22. The van der Waals surface area contributed by atoms with E-state index in [0.29, 0.717) is 23.4 Å². The van der Waals surface area contributed by atoms with E-state index in [-0.39, 0.29) is 0 Å². The van der Waals surface area contributed by atoms with Gasteiger partial charge >= 0.3 is 0 Å². The molecular formula is C10H12N4O. The maximum Gasteiger partial charge on any atom is 0.242 e. The summed E-state index contributed by atoms with van der Waals surface area (Å²) in [6.07, 6.45) is 1.38. The van der Waals surface area contributed by atoms with Gasteiger partial charge in [-0.3, -0.25) is 5.01 Å². The minimum Gasteiger partial charge on any atom is -0.618 e. The quantitative estimate of drug-likeness (QED) is 0.336. The third-order valence-electron chi connectivity index (χ3n) is 2.22. The second-order valence-corrected chi connectivity index (χ2v) is 3.20. The Balaban J connectivity index is 2.62. The minimum atomic E-state index is 0.478. The van der Waals surface area contributed by atoms with Crippen molar-refractivity contribution in [3.63, 3.8) is 0 Å². The lowest BCUT2D eigenvalue weighted by atomic mass is 10.3. The Kier molecular flexibility index (Phi) is 2.39. The maximum absolute atomic E-state index is 11.6. The van der Waals surface area contributed by atoms with Crippen molar-refractivity contribution in [1.82, 2.24) is 4.98 Å². The number of fused-ring (bicyclic) bond motifs is 1. The Morgan fingerprint density at radius 1 is 1.47 bits per heavy atom. The van der Waals surface area contributed by atoms with Crippen molar-refractivity contribution in [2.24, 2.45) is 5.84 Å². The lowest BCUT2D eigenvalue weighted by Crippen LogP contribution is -2.35. The lowest BCUT2D eigenvalue weighted by Gasteiger charge is -2.14. The van der Waals surface area contributed by atoms with Gasteiger partial charge in [-0.25, -0.2) is 10.8 Å². The fourth-order valence-corrected chi connectivity index (χ4v) is 1.37. The number of hydrogen-bond acceptors (Lipinski definition) is 4. The maximum atomic E-state index is 11.6. The molecule has 0 aliphatic carbocycles. The Morgan fingerprint density at radius 2 is 2.20 bits per heavy atom. The molecule has 1 aromatic heterocycles. The summed E-state index contributed by atoms with van der Waals surface area (Å²) in [5.41, 5.74) is 1.19. The molecule has 78 valence electrons. The Hall–Kier alpha value is -1.88. The van der Waals surface area contributed by atoms with Gasteiger partial charge in [-0.1, -0.05) is 12.1 Å². The van der Waals surface area contributed by atoms with E-state index in [1.54, 1.807) is 18.2 Å². The fraction of sp³-hybridized carbons (Fsp3) is 0.200. The van der Waals surface area contributed by atoms with Crippen LogP contribution in [-0.2, 0) is 0 Å². The second kappa shape index (κ2) is 3.70. The van der Waals surface area contributed by atoms with Crippen LogP contribution in [0.25, 0.3) is 11.0 Å². The van der Waals surface area contributed by atoms with Crippen LogP contribution in [0, 0.1) is 5.21 Å². The number of hydrazine groups is 1. The standard InChI is InChI=1S/C10H12N4O/c1-2-13(11)10-7-14(15)9-6-4-3-5-8(9)12-10/h3-7H,2,11H2,1H3. The number of benzene rings is 1. The van der Waals surface area contributed by atoms with Crippen molar-refractivity contribution in [2.45, 2.75) is 6.92 Å². The molecule has 2 rings (SSSR count). The van der Waals surface area contributed by atoms with Gasteiger partial charge < -0.3 is 5.21 Å². The van der Waals surface area contributed by atoms with Crippen LogP contribution in [-0.4, -0.2) is 11.5 Å². The topological polar surface area (TPSA) is 69.1 Å². The SMILES string of the molecule is CCN(N)c1c[n+]([O-])c2ccccc2n1. The van der Waals surface area contributed by atoms with E-state index in [1.807, 2.05) is 13.0 Å². The molecule has 2 N–H and O–H groups in total. The second-order valence-electron chi connectivity index (χ2n) is 3.20. The molecule has 5 nitrogen and oxygen atoms in total. The number of nitrogens with two attached hydrogens (primary N) is 1. The van der Waals surface area contributed by atoms with Gasteiger partial charge in [0.1, 0.15) is 5.52 Å². The van der Waals surface area contributed by atoms with Gasteiger partial charge in [0.2, 0.25) is 17.5 Å². The molecule has 2 aromatic rings. The molecule has 0 atom stereocenters. The first-order valence-corrected chi connectivity index (χ1v) is 4.73. The molecule has 0 radical (unpaired) electrons. The largest absolute Gasteiger partial charge is 0.618 e. The Bertz CT molecular complexity index is 486. The van der Waals surface area contributed by atoms with E-state index in [2.05, 4.69) is 4.98 Å². The molecule has 0 unspecified atom stereocenters. The summed E-state index contributed by atoms with van der Waals surface area (Å²) in [7, 11) is 0. The van der Waals surface area contributed by atoms with E-state index in [1.165, 1.54) is 11.2 Å². The average molecular weight is 204 g/mol. The normalized spacial score (nSPS) is 10.5. The summed E-state index contributed by atoms with van der Waals surface area (Å²) in [4.78, 5) is 4.29. The minimum absolute atomic E-state index is 0.478. The molecular weight excluding hydrogens is 192 g/mol. The summed E-state index contributed by atoms with van der Waals surface area (Å²) in [5.74, 6) is 6.15. The van der Waals surface area contributed by atoms with E-state index in [9.17, 15) is 5.21 Å². The van der Waals surface area contributed by atoms with Crippen molar-refractivity contribution >= 4 is 16.9 Å². The molecule has 0 fully saturated rings. The van der Waals surface area contributed by atoms with Gasteiger partial charge in [-0.05, 0) is 13.0 Å². The molecule has 0 bridgehead atoms. The van der Waals surface area contributed by atoms with Crippen LogP contribution in [0.1, 0.15) is 6.92 Å². The van der Waals surface area contributed by atoms with Crippen molar-refractivity contribution in [2.75, 3.05) is 11.6 Å². The van der Waals surface area contributed by atoms with Crippen molar-refractivity contribution in [3.8, 4) is 0 Å². The van der Waals surface area contributed by atoms with Gasteiger partial charge in [0.05, 0.1) is 0 Å². The predicted molar refractivity (Wildman–Crippen MR) is 57.9 cm³/mol. The Morgan fingerprint density at radius 3 is 2.93 bits per heavy atom. The first-order valence-electron chi connectivity index (χ1n) is 4.73. The number of para-hydroxylation sites is 2. The zero-order valence-electron chi connectivity index (χ0n) is 8.42. The van der Waals surface area contributed by atoms with Gasteiger partial charge in [0.25, 0.3) is 0 Å². The number of hydrogen-bond donors (Lipinski definition) is 1. The zero-order valence-corrected chi connectivity index (χ0v) is 8.42. The van der Waals surface area contributed by atoms with Crippen molar-refractivity contribution < 1.29 is 4.73 Å². The van der Waals surface area contributed by atoms with Gasteiger partial charge in [-0.2, -0.15) is 4.73 Å². The highest BCUT2D eigenvalue weighted by molar-refractivity contribution is 5.72. The van der Waals surface area contributed by atoms with Crippen LogP contribution < -0.4 is 15.6 Å². The lowest BCUT2D eigenvalue weighted by molar-refractivity contribution is -0.576. The number of rotatable bonds is 2. The van der Waals surface area contributed by atoms with E-state index in [4.69, 9.17) is 5.84 Å². The summed E-state index contributed by atoms with van der Waals surface area (Å²) in [5, 5.41) is 13.0. The van der Waals surface area contributed by atoms with E-state index in [0.717, 1.165) is 4.73 Å². The van der Waals surface area contributed by atoms with Crippen LogP contribution in [0.2, 0.25) is 0 Å². The third-order valence-corrected chi connectivity index (χ3v) is 2.22. The average Bonchev–Trinajstić information content (AvgIpc) is 2.28. The molecule has 0 aliphatic heterocycles. The van der Waals surface area contributed by atoms with E-state index < -0.39 is 0 Å². The molecule has 0 amide bonds. The first kappa shape index (κ1) is 9.67. The molecule has 0 aliphatic rings. The summed E-state index contributed by atoms with van der Waals surface area (Å²) >= 11 is 0. The van der Waals surface area contributed by atoms with Crippen LogP contribution >= 0.6 is 0 Å². The molecule has 1 aromatic carbocycles. The number of nitrogens with zero attached hydrogens (tertiary/aromatic N) is 3. The van der Waals surface area contributed by atoms with Crippen molar-refractivity contribution in [1.29, 1.82) is 0 Å². The van der Waals surface area contributed by atoms with E-state index >= 15 is 0 Å². The summed E-state index contributed by atoms with van der Waals surface area (Å²) in [6, 6.07) is 7.16. The molecule has 0 spiro atoms. The van der Waals surface area contributed by atoms with Crippen LogP contribution in [0.15, 0.2) is 30.5 Å². The highest BCUT2D eigenvalue weighted by Gasteiger charge is 2.10. The smallest absolute Gasteiger partial charge is 0.242 e. The summed E-state index contributed by atoms with van der Waals surface area (Å²) < 4.78 is 0.785. The summed E-state index contributed by atoms with van der Waals surface area (Å²) in [6.45, 7) is 2.50. The van der Waals surface area contributed by atoms with Crippen LogP contribution in [0.3, 0.4) is 0 Å². The highest BCUT2D eigenvalue weighted by Crippen LogP contribution is 2.11. The Labute approximate surface area is 87.3 Å². The molecule has 5 heteroatoms. The van der Waals surface area contributed by atoms with Crippen molar-refractivity contribution in [3.05, 3.63) is 35.7 Å². The monoisotopic (exact) mass is 204 g/mol. The van der Waals surface area contributed by atoms with Gasteiger partial charge in [0.15, 0.2) is 0 Å². The molecule has 15 heavy (non-hydrogen) atoms.